The molecule has 2 aromatic carbocycles. The highest BCUT2D eigenvalue weighted by Gasteiger charge is 2.13. The molecular weight excluding hydrogens is 272 g/mol. The second-order valence-electron chi connectivity index (χ2n) is 4.83. The van der Waals surface area contributed by atoms with Crippen molar-refractivity contribution in [1.82, 2.24) is 9.55 Å². The molecule has 20 heavy (non-hydrogen) atoms. The second kappa shape index (κ2) is 5.27. The zero-order chi connectivity index (χ0) is 14.1. The molecule has 0 bridgehead atoms. The van der Waals surface area contributed by atoms with Crippen molar-refractivity contribution in [2.24, 2.45) is 0 Å². The van der Waals surface area contributed by atoms with Crippen LogP contribution < -0.4 is 0 Å². The summed E-state index contributed by atoms with van der Waals surface area (Å²) in [6.45, 7) is 2.43. The van der Waals surface area contributed by atoms with Crippen molar-refractivity contribution in [3.8, 4) is 0 Å². The molecule has 0 radical (unpaired) electrons. The van der Waals surface area contributed by atoms with Crippen molar-refractivity contribution in [1.29, 1.82) is 0 Å². The molecule has 1 heterocycles. The lowest BCUT2D eigenvalue weighted by Gasteiger charge is -2.14. The molecule has 0 aliphatic carbocycles. The highest BCUT2D eigenvalue weighted by Crippen LogP contribution is 2.22. The maximum atomic E-state index is 10.4. The molecule has 0 aliphatic rings. The molecular formula is C16H15ClN2O. The van der Waals surface area contributed by atoms with Gasteiger partial charge in [0.15, 0.2) is 0 Å². The molecule has 0 saturated carbocycles. The summed E-state index contributed by atoms with van der Waals surface area (Å²) >= 11 is 5.87. The average molecular weight is 287 g/mol. The summed E-state index contributed by atoms with van der Waals surface area (Å²) in [6.07, 6.45) is -0.580. The molecule has 3 aromatic rings. The number of fused-ring (bicyclic) bond motifs is 1. The highest BCUT2D eigenvalue weighted by atomic mass is 35.5. The molecule has 0 fully saturated rings. The molecule has 0 amide bonds. The van der Waals surface area contributed by atoms with Crippen LogP contribution >= 0.6 is 11.6 Å². The number of halogens is 1. The van der Waals surface area contributed by atoms with Crippen LogP contribution in [0.5, 0.6) is 0 Å². The summed E-state index contributed by atoms with van der Waals surface area (Å²) in [6, 6.07) is 15.2. The minimum absolute atomic E-state index is 0.480. The quantitative estimate of drug-likeness (QED) is 0.797. The van der Waals surface area contributed by atoms with Crippen molar-refractivity contribution in [2.45, 2.75) is 19.6 Å². The maximum Gasteiger partial charge on any atom is 0.106 e. The van der Waals surface area contributed by atoms with E-state index in [1.807, 2.05) is 47.9 Å². The Morgan fingerprint density at radius 3 is 2.60 bits per heavy atom. The summed E-state index contributed by atoms with van der Waals surface area (Å²) in [4.78, 5) is 4.50. The number of rotatable bonds is 3. The van der Waals surface area contributed by atoms with E-state index >= 15 is 0 Å². The van der Waals surface area contributed by atoms with Crippen LogP contribution in [0.3, 0.4) is 0 Å². The molecule has 102 valence electrons. The number of imidazole rings is 1. The van der Waals surface area contributed by atoms with Crippen LogP contribution in [0.15, 0.2) is 48.5 Å². The van der Waals surface area contributed by atoms with Gasteiger partial charge in [-0.05, 0) is 36.8 Å². The first-order valence-electron chi connectivity index (χ1n) is 6.50. The van der Waals surface area contributed by atoms with Gasteiger partial charge in [-0.2, -0.15) is 0 Å². The fraction of sp³-hybridized carbons (Fsp3) is 0.188. The number of hydrogen-bond acceptors (Lipinski definition) is 2. The zero-order valence-corrected chi connectivity index (χ0v) is 11.9. The van der Waals surface area contributed by atoms with Crippen LogP contribution in [0.4, 0.5) is 0 Å². The Morgan fingerprint density at radius 1 is 1.15 bits per heavy atom. The molecule has 0 aliphatic heterocycles. The van der Waals surface area contributed by atoms with E-state index in [-0.39, 0.29) is 0 Å². The van der Waals surface area contributed by atoms with E-state index in [2.05, 4.69) is 4.98 Å². The van der Waals surface area contributed by atoms with Crippen molar-refractivity contribution < 1.29 is 5.11 Å². The van der Waals surface area contributed by atoms with Crippen LogP contribution in [0, 0.1) is 6.92 Å². The first-order chi connectivity index (χ1) is 9.65. The minimum Gasteiger partial charge on any atom is -0.387 e. The van der Waals surface area contributed by atoms with Gasteiger partial charge in [-0.15, -0.1) is 0 Å². The van der Waals surface area contributed by atoms with Gasteiger partial charge >= 0.3 is 0 Å². The van der Waals surface area contributed by atoms with Gasteiger partial charge in [0.1, 0.15) is 5.82 Å². The average Bonchev–Trinajstić information content (AvgIpc) is 2.76. The summed E-state index contributed by atoms with van der Waals surface area (Å²) in [5.41, 5.74) is 2.85. The predicted octanol–water partition coefficient (Wildman–Crippen LogP) is 3.73. The van der Waals surface area contributed by atoms with Crippen LogP contribution in [0.2, 0.25) is 5.02 Å². The molecule has 1 N–H and O–H groups in total. The lowest BCUT2D eigenvalue weighted by atomic mass is 10.1. The minimum atomic E-state index is -0.580. The summed E-state index contributed by atoms with van der Waals surface area (Å²) in [5, 5.41) is 11.0. The number of aliphatic hydroxyl groups excluding tert-OH is 1. The Hall–Kier alpha value is -1.84. The SMILES string of the molecule is Cc1nc2ccccc2n1CC(O)c1ccc(Cl)cc1. The third-order valence-electron chi connectivity index (χ3n) is 3.46. The number of aliphatic hydroxyl groups is 1. The molecule has 3 nitrogen and oxygen atoms in total. The summed E-state index contributed by atoms with van der Waals surface area (Å²) < 4.78 is 2.04. The lowest BCUT2D eigenvalue weighted by molar-refractivity contribution is 0.157. The highest BCUT2D eigenvalue weighted by molar-refractivity contribution is 6.30. The van der Waals surface area contributed by atoms with E-state index in [4.69, 9.17) is 11.6 Å². The van der Waals surface area contributed by atoms with Crippen LogP contribution in [0.25, 0.3) is 11.0 Å². The van der Waals surface area contributed by atoms with Crippen molar-refractivity contribution in [2.75, 3.05) is 0 Å². The topological polar surface area (TPSA) is 38.0 Å². The monoisotopic (exact) mass is 286 g/mol. The predicted molar refractivity (Wildman–Crippen MR) is 80.9 cm³/mol. The van der Waals surface area contributed by atoms with Crippen molar-refractivity contribution in [3.05, 3.63) is 64.9 Å². The zero-order valence-electron chi connectivity index (χ0n) is 11.1. The van der Waals surface area contributed by atoms with Crippen molar-refractivity contribution in [3.63, 3.8) is 0 Å². The number of hydrogen-bond donors (Lipinski definition) is 1. The van der Waals surface area contributed by atoms with Crippen LogP contribution in [-0.2, 0) is 6.54 Å². The Labute approximate surface area is 122 Å². The lowest BCUT2D eigenvalue weighted by Crippen LogP contribution is -2.10. The van der Waals surface area contributed by atoms with E-state index in [1.165, 1.54) is 0 Å². The third-order valence-corrected chi connectivity index (χ3v) is 3.71. The van der Waals surface area contributed by atoms with Crippen LogP contribution in [0.1, 0.15) is 17.5 Å². The Kier molecular flexibility index (Phi) is 3.47. The van der Waals surface area contributed by atoms with Gasteiger partial charge < -0.3 is 9.67 Å². The van der Waals surface area contributed by atoms with Crippen LogP contribution in [-0.4, -0.2) is 14.7 Å². The van der Waals surface area contributed by atoms with Gasteiger partial charge in [0.2, 0.25) is 0 Å². The Balaban J connectivity index is 1.92. The second-order valence-corrected chi connectivity index (χ2v) is 5.26. The van der Waals surface area contributed by atoms with E-state index in [1.54, 1.807) is 12.1 Å². The van der Waals surface area contributed by atoms with E-state index < -0.39 is 6.10 Å². The molecule has 1 aromatic heterocycles. The van der Waals surface area contributed by atoms with Gasteiger partial charge in [-0.25, -0.2) is 4.98 Å². The van der Waals surface area contributed by atoms with Gasteiger partial charge in [0.05, 0.1) is 23.7 Å². The Bertz CT molecular complexity index is 734. The molecule has 0 spiro atoms. The third kappa shape index (κ3) is 2.42. The molecule has 1 atom stereocenters. The van der Waals surface area contributed by atoms with Gasteiger partial charge in [0.25, 0.3) is 0 Å². The summed E-state index contributed by atoms with van der Waals surface area (Å²) in [5.74, 6) is 0.902. The smallest absolute Gasteiger partial charge is 0.106 e. The number of aryl methyl sites for hydroxylation is 1. The molecule has 4 heteroatoms. The maximum absolute atomic E-state index is 10.4. The first-order valence-corrected chi connectivity index (χ1v) is 6.88. The fourth-order valence-corrected chi connectivity index (χ4v) is 2.52. The largest absolute Gasteiger partial charge is 0.387 e. The van der Waals surface area contributed by atoms with E-state index in [9.17, 15) is 5.11 Å². The summed E-state index contributed by atoms with van der Waals surface area (Å²) in [7, 11) is 0. The first kappa shape index (κ1) is 13.2. The molecule has 3 rings (SSSR count). The van der Waals surface area contributed by atoms with Gasteiger partial charge in [0, 0.05) is 5.02 Å². The van der Waals surface area contributed by atoms with E-state index in [0.717, 1.165) is 22.4 Å². The normalized spacial score (nSPS) is 12.8. The standard InChI is InChI=1S/C16H15ClN2O/c1-11-18-14-4-2-3-5-15(14)19(11)10-16(20)12-6-8-13(17)9-7-12/h2-9,16,20H,10H2,1H3. The number of para-hydroxylation sites is 2. The van der Waals surface area contributed by atoms with Gasteiger partial charge in [-0.3, -0.25) is 0 Å². The molecule has 1 unspecified atom stereocenters. The number of benzene rings is 2. The number of aromatic nitrogens is 2. The van der Waals surface area contributed by atoms with Crippen molar-refractivity contribution >= 4 is 22.6 Å². The molecule has 0 saturated heterocycles. The Morgan fingerprint density at radius 2 is 1.85 bits per heavy atom. The van der Waals surface area contributed by atoms with E-state index in [0.29, 0.717) is 11.6 Å². The fourth-order valence-electron chi connectivity index (χ4n) is 2.39. The number of nitrogens with zero attached hydrogens (tertiary/aromatic N) is 2. The van der Waals surface area contributed by atoms with Gasteiger partial charge in [-0.1, -0.05) is 35.9 Å².